The second-order valence-electron chi connectivity index (χ2n) is 9.03. The summed E-state index contributed by atoms with van der Waals surface area (Å²) < 4.78 is 5.44. The average molecular weight is 283 g/mol. The topological polar surface area (TPSA) is 38.3 Å². The van der Waals surface area contributed by atoms with Crippen LogP contribution in [0, 0.1) is 10.8 Å². The molecule has 0 saturated heterocycles. The highest BCUT2D eigenvalue weighted by atomic mass is 16.6. The zero-order valence-electron chi connectivity index (χ0n) is 14.6. The fraction of sp³-hybridized carbons (Fsp3) is 0.941. The zero-order chi connectivity index (χ0) is 15.8. The van der Waals surface area contributed by atoms with Crippen LogP contribution in [-0.4, -0.2) is 23.7 Å². The SMILES string of the molecule is CC(NC1CC(C)(C)CC(C)(C)C1)C(=O)OC(C)(C)C. The van der Waals surface area contributed by atoms with Crippen molar-refractivity contribution in [3.05, 3.63) is 0 Å². The third-order valence-corrected chi connectivity index (χ3v) is 3.80. The summed E-state index contributed by atoms with van der Waals surface area (Å²) in [5.74, 6) is -0.154. The first-order valence-electron chi connectivity index (χ1n) is 7.79. The van der Waals surface area contributed by atoms with Crippen LogP contribution in [0.25, 0.3) is 0 Å². The van der Waals surface area contributed by atoms with Crippen molar-refractivity contribution in [2.45, 2.75) is 92.3 Å². The van der Waals surface area contributed by atoms with Crippen molar-refractivity contribution in [1.82, 2.24) is 5.32 Å². The number of hydrogen-bond donors (Lipinski definition) is 1. The van der Waals surface area contributed by atoms with Gasteiger partial charge in [-0.15, -0.1) is 0 Å². The first-order valence-corrected chi connectivity index (χ1v) is 7.79. The van der Waals surface area contributed by atoms with Crippen LogP contribution in [0.2, 0.25) is 0 Å². The van der Waals surface area contributed by atoms with E-state index in [9.17, 15) is 4.79 Å². The Bertz CT molecular complexity index is 336. The van der Waals surface area contributed by atoms with Crippen LogP contribution >= 0.6 is 0 Å². The second-order valence-corrected chi connectivity index (χ2v) is 9.03. The molecular formula is C17H33NO2. The van der Waals surface area contributed by atoms with Crippen molar-refractivity contribution in [1.29, 1.82) is 0 Å². The van der Waals surface area contributed by atoms with E-state index in [0.29, 0.717) is 16.9 Å². The van der Waals surface area contributed by atoms with E-state index in [1.54, 1.807) is 0 Å². The number of nitrogens with one attached hydrogen (secondary N) is 1. The molecule has 3 nitrogen and oxygen atoms in total. The summed E-state index contributed by atoms with van der Waals surface area (Å²) in [4.78, 5) is 12.1. The van der Waals surface area contributed by atoms with E-state index in [1.807, 2.05) is 27.7 Å². The van der Waals surface area contributed by atoms with Gasteiger partial charge in [-0.25, -0.2) is 0 Å². The first kappa shape index (κ1) is 17.5. The summed E-state index contributed by atoms with van der Waals surface area (Å²) in [6.45, 7) is 16.9. The van der Waals surface area contributed by atoms with E-state index >= 15 is 0 Å². The molecule has 1 rings (SSSR count). The standard InChI is InChI=1S/C17H33NO2/c1-12(14(19)20-15(2,3)4)18-13-9-16(5,6)11-17(7,8)10-13/h12-13,18H,9-11H2,1-8H3. The van der Waals surface area contributed by atoms with Gasteiger partial charge in [0.1, 0.15) is 11.6 Å². The third-order valence-electron chi connectivity index (χ3n) is 3.80. The molecule has 1 aliphatic rings. The maximum atomic E-state index is 12.1. The van der Waals surface area contributed by atoms with Crippen LogP contribution in [0.4, 0.5) is 0 Å². The molecule has 3 heteroatoms. The van der Waals surface area contributed by atoms with Crippen LogP contribution in [0.5, 0.6) is 0 Å². The summed E-state index contributed by atoms with van der Waals surface area (Å²) in [6, 6.07) is 0.139. The maximum Gasteiger partial charge on any atom is 0.323 e. The van der Waals surface area contributed by atoms with E-state index in [4.69, 9.17) is 4.74 Å². The predicted octanol–water partition coefficient (Wildman–Crippen LogP) is 3.91. The summed E-state index contributed by atoms with van der Waals surface area (Å²) in [6.07, 6.45) is 3.46. The van der Waals surface area contributed by atoms with Gasteiger partial charge in [-0.05, 0) is 57.8 Å². The first-order chi connectivity index (χ1) is 8.80. The Labute approximate surface area is 124 Å². The maximum absolute atomic E-state index is 12.1. The summed E-state index contributed by atoms with van der Waals surface area (Å²) >= 11 is 0. The van der Waals surface area contributed by atoms with Crippen LogP contribution in [0.15, 0.2) is 0 Å². The molecule has 0 radical (unpaired) electrons. The van der Waals surface area contributed by atoms with Crippen molar-refractivity contribution in [2.75, 3.05) is 0 Å². The summed E-state index contributed by atoms with van der Waals surface area (Å²) in [5, 5.41) is 3.48. The van der Waals surface area contributed by atoms with Crippen molar-refractivity contribution < 1.29 is 9.53 Å². The molecule has 1 unspecified atom stereocenters. The van der Waals surface area contributed by atoms with Crippen LogP contribution in [0.1, 0.15) is 74.7 Å². The predicted molar refractivity (Wildman–Crippen MR) is 83.6 cm³/mol. The summed E-state index contributed by atoms with van der Waals surface area (Å²) in [5.41, 5.74) is 0.234. The molecule has 1 N–H and O–H groups in total. The van der Waals surface area contributed by atoms with Crippen molar-refractivity contribution in [2.24, 2.45) is 10.8 Å². The van der Waals surface area contributed by atoms with Gasteiger partial charge in [-0.2, -0.15) is 0 Å². The number of hydrogen-bond acceptors (Lipinski definition) is 3. The molecule has 0 aromatic carbocycles. The number of ether oxygens (including phenoxy) is 1. The van der Waals surface area contributed by atoms with Gasteiger partial charge in [0.25, 0.3) is 0 Å². The van der Waals surface area contributed by atoms with Crippen molar-refractivity contribution in [3.8, 4) is 0 Å². The molecular weight excluding hydrogens is 250 g/mol. The molecule has 1 atom stereocenters. The lowest BCUT2D eigenvalue weighted by molar-refractivity contribution is -0.157. The lowest BCUT2D eigenvalue weighted by atomic mass is 9.63. The molecule has 0 aliphatic heterocycles. The molecule has 1 saturated carbocycles. The van der Waals surface area contributed by atoms with Gasteiger partial charge in [-0.3, -0.25) is 4.79 Å². The molecule has 0 spiro atoms. The normalized spacial score (nSPS) is 24.2. The highest BCUT2D eigenvalue weighted by Gasteiger charge is 2.39. The Morgan fingerprint density at radius 1 is 1.15 bits per heavy atom. The van der Waals surface area contributed by atoms with Gasteiger partial charge >= 0.3 is 5.97 Å². The fourth-order valence-electron chi connectivity index (χ4n) is 3.78. The fourth-order valence-corrected chi connectivity index (χ4v) is 3.78. The molecule has 0 bridgehead atoms. The van der Waals surface area contributed by atoms with Crippen molar-refractivity contribution in [3.63, 3.8) is 0 Å². The van der Waals surface area contributed by atoms with E-state index in [0.717, 1.165) is 12.8 Å². The number of carbonyl (C=O) groups is 1. The number of esters is 1. The van der Waals surface area contributed by atoms with E-state index in [-0.39, 0.29) is 12.0 Å². The smallest absolute Gasteiger partial charge is 0.323 e. The van der Waals surface area contributed by atoms with Gasteiger partial charge < -0.3 is 10.1 Å². The minimum absolute atomic E-state index is 0.154. The highest BCUT2D eigenvalue weighted by molar-refractivity contribution is 5.75. The van der Waals surface area contributed by atoms with E-state index < -0.39 is 5.60 Å². The Kier molecular flexibility index (Phi) is 4.95. The van der Waals surface area contributed by atoms with Gasteiger partial charge in [0.05, 0.1) is 0 Å². The van der Waals surface area contributed by atoms with Gasteiger partial charge in [0, 0.05) is 6.04 Å². The molecule has 1 fully saturated rings. The molecule has 0 aromatic rings. The molecule has 118 valence electrons. The van der Waals surface area contributed by atoms with Crippen LogP contribution in [-0.2, 0) is 9.53 Å². The molecule has 20 heavy (non-hydrogen) atoms. The zero-order valence-corrected chi connectivity index (χ0v) is 14.6. The Hall–Kier alpha value is -0.570. The minimum atomic E-state index is -0.419. The molecule has 0 aromatic heterocycles. The summed E-state index contributed by atoms with van der Waals surface area (Å²) in [7, 11) is 0. The Morgan fingerprint density at radius 3 is 2.00 bits per heavy atom. The quantitative estimate of drug-likeness (QED) is 0.798. The second kappa shape index (κ2) is 5.67. The Morgan fingerprint density at radius 2 is 1.60 bits per heavy atom. The van der Waals surface area contributed by atoms with Crippen LogP contribution < -0.4 is 5.32 Å². The minimum Gasteiger partial charge on any atom is -0.459 e. The molecule has 0 heterocycles. The number of rotatable bonds is 3. The number of carbonyl (C=O) groups excluding carboxylic acids is 1. The monoisotopic (exact) mass is 283 g/mol. The van der Waals surface area contributed by atoms with E-state index in [2.05, 4.69) is 33.0 Å². The van der Waals surface area contributed by atoms with Gasteiger partial charge in [-0.1, -0.05) is 27.7 Å². The average Bonchev–Trinajstić information content (AvgIpc) is 2.08. The van der Waals surface area contributed by atoms with Gasteiger partial charge in [0.2, 0.25) is 0 Å². The third kappa shape index (κ3) is 5.82. The Balaban J connectivity index is 2.61. The molecule has 0 amide bonds. The van der Waals surface area contributed by atoms with Crippen molar-refractivity contribution >= 4 is 5.97 Å². The van der Waals surface area contributed by atoms with Crippen LogP contribution in [0.3, 0.4) is 0 Å². The lowest BCUT2D eigenvalue weighted by Gasteiger charge is -2.45. The highest BCUT2D eigenvalue weighted by Crippen LogP contribution is 2.45. The van der Waals surface area contributed by atoms with E-state index in [1.165, 1.54) is 6.42 Å². The lowest BCUT2D eigenvalue weighted by Crippen LogP contribution is -2.50. The molecule has 1 aliphatic carbocycles. The van der Waals surface area contributed by atoms with Gasteiger partial charge in [0.15, 0.2) is 0 Å². The largest absolute Gasteiger partial charge is 0.459 e.